The predicted octanol–water partition coefficient (Wildman–Crippen LogP) is 3.27. The Morgan fingerprint density at radius 3 is 2.74 bits per heavy atom. The van der Waals surface area contributed by atoms with E-state index >= 15 is 0 Å². The summed E-state index contributed by atoms with van der Waals surface area (Å²) in [5.74, 6) is -0.510. The summed E-state index contributed by atoms with van der Waals surface area (Å²) >= 11 is 4.10. The second-order valence-corrected chi connectivity index (χ2v) is 6.74. The third-order valence-corrected chi connectivity index (χ3v) is 4.19. The number of halogens is 2. The van der Waals surface area contributed by atoms with Crippen molar-refractivity contribution < 1.29 is 14.8 Å². The van der Waals surface area contributed by atoms with E-state index in [1.54, 1.807) is 12.1 Å². The van der Waals surface area contributed by atoms with Crippen LogP contribution in [0.4, 0.5) is 5.69 Å². The largest absolute Gasteiger partial charge is 0.506 e. The highest BCUT2D eigenvalue weighted by molar-refractivity contribution is 14.1. The Bertz CT molecular complexity index is 809. The van der Waals surface area contributed by atoms with Gasteiger partial charge in [0, 0.05) is 26.8 Å². The summed E-state index contributed by atoms with van der Waals surface area (Å²) in [5, 5.41) is 24.4. The van der Waals surface area contributed by atoms with Crippen molar-refractivity contribution in [2.75, 3.05) is 0 Å². The molecule has 0 atom stereocenters. The molecule has 0 spiro atoms. The summed E-state index contributed by atoms with van der Waals surface area (Å²) in [6.45, 7) is 0. The van der Waals surface area contributed by atoms with Crippen LogP contribution in [-0.2, 0) is 0 Å². The molecule has 0 aromatic heterocycles. The van der Waals surface area contributed by atoms with Crippen LogP contribution >= 0.6 is 45.2 Å². The first kappa shape index (κ1) is 17.6. The molecule has 9 heteroatoms. The molecule has 0 fully saturated rings. The van der Waals surface area contributed by atoms with E-state index in [1.165, 1.54) is 24.4 Å². The smallest absolute Gasteiger partial charge is 0.271 e. The number of hydrogen-bond donors (Lipinski definition) is 2. The Kier molecular flexibility index (Phi) is 5.87. The number of nitro groups is 1. The van der Waals surface area contributed by atoms with Gasteiger partial charge in [0.05, 0.1) is 14.7 Å². The third kappa shape index (κ3) is 4.60. The van der Waals surface area contributed by atoms with E-state index in [4.69, 9.17) is 0 Å². The molecule has 0 aliphatic heterocycles. The molecular formula is C14H9I2N3O4. The highest BCUT2D eigenvalue weighted by atomic mass is 127. The van der Waals surface area contributed by atoms with Crippen LogP contribution in [0.1, 0.15) is 15.9 Å². The lowest BCUT2D eigenvalue weighted by Crippen LogP contribution is -2.17. The molecule has 2 N–H and O–H groups in total. The minimum absolute atomic E-state index is 0.0689. The first-order valence-corrected chi connectivity index (χ1v) is 8.30. The van der Waals surface area contributed by atoms with Gasteiger partial charge in [0.2, 0.25) is 0 Å². The molecule has 0 saturated carbocycles. The molecule has 0 aliphatic rings. The van der Waals surface area contributed by atoms with Gasteiger partial charge >= 0.3 is 0 Å². The molecule has 118 valence electrons. The Morgan fingerprint density at radius 1 is 1.30 bits per heavy atom. The summed E-state index contributed by atoms with van der Waals surface area (Å²) in [5.41, 5.74) is 2.68. The molecule has 0 saturated heterocycles. The van der Waals surface area contributed by atoms with Crippen molar-refractivity contribution in [2.24, 2.45) is 5.10 Å². The maximum absolute atomic E-state index is 11.9. The van der Waals surface area contributed by atoms with Gasteiger partial charge in [-0.2, -0.15) is 5.10 Å². The number of nitro benzene ring substituents is 1. The second kappa shape index (κ2) is 7.68. The van der Waals surface area contributed by atoms with Gasteiger partial charge in [-0.3, -0.25) is 14.9 Å². The number of amides is 1. The van der Waals surface area contributed by atoms with E-state index in [2.05, 4.69) is 33.1 Å². The van der Waals surface area contributed by atoms with Gasteiger partial charge < -0.3 is 5.11 Å². The first-order valence-electron chi connectivity index (χ1n) is 6.14. The van der Waals surface area contributed by atoms with E-state index in [0.29, 0.717) is 9.13 Å². The fourth-order valence-electron chi connectivity index (χ4n) is 1.67. The zero-order valence-electron chi connectivity index (χ0n) is 11.4. The average molecular weight is 537 g/mol. The number of phenolic OH excluding ortho intramolecular Hbond substituents is 1. The lowest BCUT2D eigenvalue weighted by atomic mass is 10.2. The van der Waals surface area contributed by atoms with E-state index in [-0.39, 0.29) is 17.0 Å². The summed E-state index contributed by atoms with van der Waals surface area (Å²) in [7, 11) is 0. The van der Waals surface area contributed by atoms with Crippen molar-refractivity contribution in [1.82, 2.24) is 5.43 Å². The number of nitrogens with zero attached hydrogens (tertiary/aromatic N) is 2. The summed E-state index contributed by atoms with van der Waals surface area (Å²) in [6.07, 6.45) is 1.31. The first-order chi connectivity index (χ1) is 10.9. The van der Waals surface area contributed by atoms with Crippen LogP contribution in [0.3, 0.4) is 0 Å². The van der Waals surface area contributed by atoms with Crippen molar-refractivity contribution in [2.45, 2.75) is 0 Å². The molecule has 7 nitrogen and oxygen atoms in total. The molecule has 2 rings (SSSR count). The molecule has 0 radical (unpaired) electrons. The van der Waals surface area contributed by atoms with Crippen LogP contribution in [0.2, 0.25) is 0 Å². The number of rotatable bonds is 4. The van der Waals surface area contributed by atoms with Crippen LogP contribution in [0, 0.1) is 17.3 Å². The highest BCUT2D eigenvalue weighted by Gasteiger charge is 2.11. The number of carbonyl (C=O) groups is 1. The topological polar surface area (TPSA) is 105 Å². The van der Waals surface area contributed by atoms with Crippen molar-refractivity contribution in [1.29, 1.82) is 0 Å². The third-order valence-electron chi connectivity index (χ3n) is 2.75. The Morgan fingerprint density at radius 2 is 2.04 bits per heavy atom. The predicted molar refractivity (Wildman–Crippen MR) is 102 cm³/mol. The molecule has 2 aromatic rings. The quantitative estimate of drug-likeness (QED) is 0.271. The zero-order chi connectivity index (χ0) is 17.0. The minimum Gasteiger partial charge on any atom is -0.506 e. The lowest BCUT2D eigenvalue weighted by Gasteiger charge is -2.03. The average Bonchev–Trinajstić information content (AvgIpc) is 2.51. The number of aromatic hydroxyl groups is 1. The fraction of sp³-hybridized carbons (Fsp3) is 0. The van der Waals surface area contributed by atoms with Gasteiger partial charge in [0.25, 0.3) is 11.6 Å². The van der Waals surface area contributed by atoms with Crippen molar-refractivity contribution in [3.63, 3.8) is 0 Å². The van der Waals surface area contributed by atoms with Gasteiger partial charge in [0.1, 0.15) is 5.75 Å². The minimum atomic E-state index is -0.579. The molecular weight excluding hydrogens is 528 g/mol. The Labute approximate surface area is 158 Å². The van der Waals surface area contributed by atoms with Gasteiger partial charge in [0.15, 0.2) is 0 Å². The van der Waals surface area contributed by atoms with E-state index < -0.39 is 10.8 Å². The van der Waals surface area contributed by atoms with Gasteiger partial charge in [-0.15, -0.1) is 0 Å². The molecule has 2 aromatic carbocycles. The molecule has 0 unspecified atom stereocenters. The van der Waals surface area contributed by atoms with Gasteiger partial charge in [-0.25, -0.2) is 5.43 Å². The lowest BCUT2D eigenvalue weighted by molar-refractivity contribution is -0.384. The Balaban J connectivity index is 2.13. The number of non-ortho nitro benzene ring substituents is 1. The number of phenols is 1. The number of hydrazone groups is 1. The van der Waals surface area contributed by atoms with Gasteiger partial charge in [-0.1, -0.05) is 6.07 Å². The van der Waals surface area contributed by atoms with Crippen LogP contribution < -0.4 is 5.43 Å². The van der Waals surface area contributed by atoms with E-state index in [1.807, 2.05) is 22.6 Å². The summed E-state index contributed by atoms with van der Waals surface area (Å²) < 4.78 is 1.58. The zero-order valence-corrected chi connectivity index (χ0v) is 15.7. The number of carbonyl (C=O) groups excluding carboxylic acids is 1. The number of nitrogens with one attached hydrogen (secondary N) is 1. The molecule has 0 aliphatic carbocycles. The van der Waals surface area contributed by atoms with Gasteiger partial charge in [-0.05, 0) is 63.4 Å². The number of benzene rings is 2. The van der Waals surface area contributed by atoms with Crippen LogP contribution in [0.5, 0.6) is 5.75 Å². The molecule has 0 bridgehead atoms. The Hall–Kier alpha value is -1.76. The maximum atomic E-state index is 11.9. The normalized spacial score (nSPS) is 10.7. The van der Waals surface area contributed by atoms with Crippen molar-refractivity contribution in [3.05, 3.63) is 64.8 Å². The summed E-state index contributed by atoms with van der Waals surface area (Å²) in [4.78, 5) is 22.0. The highest BCUT2D eigenvalue weighted by Crippen LogP contribution is 2.25. The standard InChI is InChI=1S/C14H9I2N3O4/c15-10-4-9(13(20)12(16)6-10)7-17-18-14(21)8-2-1-3-11(5-8)19(22)23/h1-7,20H,(H,18,21). The molecule has 1 amide bonds. The second-order valence-electron chi connectivity index (χ2n) is 4.33. The van der Waals surface area contributed by atoms with Crippen molar-refractivity contribution in [3.8, 4) is 5.75 Å². The van der Waals surface area contributed by atoms with Crippen LogP contribution in [0.25, 0.3) is 0 Å². The molecule has 0 heterocycles. The van der Waals surface area contributed by atoms with Crippen LogP contribution in [-0.4, -0.2) is 22.2 Å². The summed E-state index contributed by atoms with van der Waals surface area (Å²) in [6, 6.07) is 8.84. The maximum Gasteiger partial charge on any atom is 0.271 e. The van der Waals surface area contributed by atoms with Crippen molar-refractivity contribution >= 4 is 63.0 Å². The monoisotopic (exact) mass is 537 g/mol. The van der Waals surface area contributed by atoms with E-state index in [9.17, 15) is 20.0 Å². The van der Waals surface area contributed by atoms with Crippen LogP contribution in [0.15, 0.2) is 41.5 Å². The molecule has 23 heavy (non-hydrogen) atoms. The van der Waals surface area contributed by atoms with E-state index in [0.717, 1.165) is 9.64 Å². The number of hydrogen-bond acceptors (Lipinski definition) is 5. The fourth-order valence-corrected chi connectivity index (χ4v) is 3.56. The SMILES string of the molecule is O=C(NN=Cc1cc(I)cc(I)c1O)c1cccc([N+](=O)[O-])c1.